The van der Waals surface area contributed by atoms with E-state index in [-0.39, 0.29) is 18.9 Å². The van der Waals surface area contributed by atoms with Crippen molar-refractivity contribution in [2.75, 3.05) is 20.2 Å². The molecule has 0 spiro atoms. The highest BCUT2D eigenvalue weighted by Crippen LogP contribution is 2.27. The summed E-state index contributed by atoms with van der Waals surface area (Å²) in [6, 6.07) is -1.48. The number of ether oxygens (including phenoxy) is 2. The quantitative estimate of drug-likeness (QED) is 0.735. The average Bonchev–Trinajstić information content (AvgIpc) is 3.10. The van der Waals surface area contributed by atoms with Crippen LogP contribution in [-0.4, -0.2) is 76.9 Å². The second-order valence-electron chi connectivity index (χ2n) is 7.25. The number of carbonyl (C=O) groups is 3. The van der Waals surface area contributed by atoms with Crippen molar-refractivity contribution in [2.45, 2.75) is 63.8 Å². The van der Waals surface area contributed by atoms with Crippen molar-refractivity contribution in [3.63, 3.8) is 0 Å². The van der Waals surface area contributed by atoms with Crippen molar-refractivity contribution in [1.29, 1.82) is 0 Å². The van der Waals surface area contributed by atoms with Gasteiger partial charge in [0.25, 0.3) is 0 Å². The summed E-state index contributed by atoms with van der Waals surface area (Å²) in [6.07, 6.45) is 0.0487. The van der Waals surface area contributed by atoms with Crippen LogP contribution in [0.1, 0.15) is 40.0 Å². The SMILES string of the molecule is COC(=O)[C@@H]1C[C@@H](O)CN1C(=O)[C@@H]1CCCN1C(=O)OC(C)(C)C. The van der Waals surface area contributed by atoms with Gasteiger partial charge < -0.3 is 19.5 Å². The number of carbonyl (C=O) groups excluding carboxylic acids is 3. The smallest absolute Gasteiger partial charge is 0.410 e. The van der Waals surface area contributed by atoms with Gasteiger partial charge in [-0.25, -0.2) is 9.59 Å². The molecule has 0 aromatic carbocycles. The number of aliphatic hydroxyl groups is 1. The fourth-order valence-electron chi connectivity index (χ4n) is 3.17. The van der Waals surface area contributed by atoms with Crippen molar-refractivity contribution < 1.29 is 29.0 Å². The zero-order valence-electron chi connectivity index (χ0n) is 14.7. The molecule has 2 heterocycles. The summed E-state index contributed by atoms with van der Waals surface area (Å²) in [5.74, 6) is -0.896. The molecule has 8 nitrogen and oxygen atoms in total. The molecule has 0 saturated carbocycles. The van der Waals surface area contributed by atoms with Crippen LogP contribution >= 0.6 is 0 Å². The van der Waals surface area contributed by atoms with Crippen LogP contribution in [0.15, 0.2) is 0 Å². The number of methoxy groups -OCH3 is 1. The highest BCUT2D eigenvalue weighted by atomic mass is 16.6. The highest BCUT2D eigenvalue weighted by Gasteiger charge is 2.45. The number of esters is 1. The minimum absolute atomic E-state index is 0.0667. The zero-order chi connectivity index (χ0) is 18.1. The first kappa shape index (κ1) is 18.5. The van der Waals surface area contributed by atoms with Gasteiger partial charge in [0.1, 0.15) is 17.7 Å². The van der Waals surface area contributed by atoms with Crippen LogP contribution in [0.2, 0.25) is 0 Å². The van der Waals surface area contributed by atoms with Crippen molar-refractivity contribution in [2.24, 2.45) is 0 Å². The van der Waals surface area contributed by atoms with Crippen molar-refractivity contribution in [1.82, 2.24) is 9.80 Å². The lowest BCUT2D eigenvalue weighted by molar-refractivity contribution is -0.152. The van der Waals surface area contributed by atoms with Gasteiger partial charge in [0.2, 0.25) is 5.91 Å². The summed E-state index contributed by atoms with van der Waals surface area (Å²) in [7, 11) is 1.25. The molecule has 2 saturated heterocycles. The summed E-state index contributed by atoms with van der Waals surface area (Å²) >= 11 is 0. The van der Waals surface area contributed by atoms with Gasteiger partial charge in [-0.05, 0) is 33.6 Å². The minimum Gasteiger partial charge on any atom is -0.467 e. The van der Waals surface area contributed by atoms with Crippen LogP contribution in [-0.2, 0) is 19.1 Å². The van der Waals surface area contributed by atoms with Crippen molar-refractivity contribution >= 4 is 18.0 Å². The largest absolute Gasteiger partial charge is 0.467 e. The van der Waals surface area contributed by atoms with E-state index < -0.39 is 35.9 Å². The number of aliphatic hydroxyl groups excluding tert-OH is 1. The Morgan fingerprint density at radius 2 is 1.79 bits per heavy atom. The Morgan fingerprint density at radius 1 is 1.12 bits per heavy atom. The summed E-state index contributed by atoms with van der Waals surface area (Å²) in [5.41, 5.74) is -0.647. The number of nitrogens with zero attached hydrogens (tertiary/aromatic N) is 2. The third-order valence-electron chi connectivity index (χ3n) is 4.20. The molecule has 0 bridgehead atoms. The predicted octanol–water partition coefficient (Wildman–Crippen LogP) is 0.521. The van der Waals surface area contributed by atoms with Gasteiger partial charge in [-0.2, -0.15) is 0 Å². The number of amides is 2. The number of likely N-dealkylation sites (tertiary alicyclic amines) is 2. The molecule has 0 radical (unpaired) electrons. The maximum absolute atomic E-state index is 12.9. The van der Waals surface area contributed by atoms with Gasteiger partial charge in [-0.3, -0.25) is 9.69 Å². The number of hydrogen-bond donors (Lipinski definition) is 1. The van der Waals surface area contributed by atoms with Gasteiger partial charge in [0, 0.05) is 19.5 Å². The van der Waals surface area contributed by atoms with Crippen LogP contribution < -0.4 is 0 Å². The third kappa shape index (κ3) is 3.98. The molecule has 2 aliphatic rings. The van der Waals surface area contributed by atoms with E-state index in [9.17, 15) is 19.5 Å². The summed E-state index contributed by atoms with van der Waals surface area (Å²) < 4.78 is 10.1. The maximum atomic E-state index is 12.9. The second-order valence-corrected chi connectivity index (χ2v) is 7.25. The van der Waals surface area contributed by atoms with E-state index in [1.807, 2.05) is 0 Å². The lowest BCUT2D eigenvalue weighted by atomic mass is 10.1. The first-order chi connectivity index (χ1) is 11.1. The Bertz CT molecular complexity index is 515. The van der Waals surface area contributed by atoms with E-state index >= 15 is 0 Å². The molecule has 2 aliphatic heterocycles. The van der Waals surface area contributed by atoms with Gasteiger partial charge in [0.05, 0.1) is 13.2 Å². The molecule has 8 heteroatoms. The summed E-state index contributed by atoms with van der Waals surface area (Å²) in [5, 5.41) is 9.83. The lowest BCUT2D eigenvalue weighted by Crippen LogP contribution is -2.52. The van der Waals surface area contributed by atoms with Crippen molar-refractivity contribution in [3.8, 4) is 0 Å². The molecule has 0 aliphatic carbocycles. The first-order valence-electron chi connectivity index (χ1n) is 8.20. The number of hydrogen-bond acceptors (Lipinski definition) is 6. The zero-order valence-corrected chi connectivity index (χ0v) is 14.7. The molecule has 0 aromatic rings. The normalized spacial score (nSPS) is 27.3. The Kier molecular flexibility index (Phi) is 5.37. The van der Waals surface area contributed by atoms with Crippen LogP contribution in [0.4, 0.5) is 4.79 Å². The van der Waals surface area contributed by atoms with E-state index in [4.69, 9.17) is 9.47 Å². The molecule has 0 aromatic heterocycles. The highest BCUT2D eigenvalue weighted by molar-refractivity contribution is 5.90. The molecule has 2 amide bonds. The van der Waals surface area contributed by atoms with E-state index in [0.29, 0.717) is 19.4 Å². The second kappa shape index (κ2) is 6.96. The fourth-order valence-corrected chi connectivity index (χ4v) is 3.17. The fraction of sp³-hybridized carbons (Fsp3) is 0.812. The molecule has 2 fully saturated rings. The van der Waals surface area contributed by atoms with Crippen LogP contribution in [0.5, 0.6) is 0 Å². The maximum Gasteiger partial charge on any atom is 0.410 e. The molecule has 3 atom stereocenters. The van der Waals surface area contributed by atoms with Gasteiger partial charge in [-0.15, -0.1) is 0 Å². The van der Waals surface area contributed by atoms with E-state index in [1.165, 1.54) is 16.9 Å². The Hall–Kier alpha value is -1.83. The topological polar surface area (TPSA) is 96.4 Å². The summed E-state index contributed by atoms with van der Waals surface area (Å²) in [6.45, 7) is 5.80. The van der Waals surface area contributed by atoms with Gasteiger partial charge >= 0.3 is 12.1 Å². The molecule has 1 N–H and O–H groups in total. The average molecular weight is 342 g/mol. The Labute approximate surface area is 141 Å². The number of β-amino-alcohol motifs (C(OH)–C–C–N with tert-alkyl or cyclic N) is 1. The van der Waals surface area contributed by atoms with Gasteiger partial charge in [-0.1, -0.05) is 0 Å². The lowest BCUT2D eigenvalue weighted by Gasteiger charge is -2.31. The van der Waals surface area contributed by atoms with Crippen LogP contribution in [0.3, 0.4) is 0 Å². The minimum atomic E-state index is -0.807. The predicted molar refractivity (Wildman–Crippen MR) is 84.1 cm³/mol. The van der Waals surface area contributed by atoms with Crippen molar-refractivity contribution in [3.05, 3.63) is 0 Å². The molecular formula is C16H26N2O6. The molecule has 2 rings (SSSR count). The van der Waals surface area contributed by atoms with Crippen LogP contribution in [0.25, 0.3) is 0 Å². The van der Waals surface area contributed by atoms with E-state index in [2.05, 4.69) is 0 Å². The van der Waals surface area contributed by atoms with Crippen LogP contribution in [0, 0.1) is 0 Å². The Balaban J connectivity index is 2.12. The number of rotatable bonds is 2. The molecule has 24 heavy (non-hydrogen) atoms. The summed E-state index contributed by atoms with van der Waals surface area (Å²) in [4.78, 5) is 39.8. The third-order valence-corrected chi connectivity index (χ3v) is 4.20. The Morgan fingerprint density at radius 3 is 2.38 bits per heavy atom. The molecule has 136 valence electrons. The first-order valence-corrected chi connectivity index (χ1v) is 8.20. The van der Waals surface area contributed by atoms with E-state index in [0.717, 1.165) is 0 Å². The standard InChI is InChI=1S/C16H26N2O6/c1-16(2,3)24-15(22)17-7-5-6-11(17)13(20)18-9-10(19)8-12(18)14(21)23-4/h10-12,19H,5-9H2,1-4H3/t10-,11+,12+/m1/s1. The van der Waals surface area contributed by atoms with Gasteiger partial charge in [0.15, 0.2) is 0 Å². The molecular weight excluding hydrogens is 316 g/mol. The van der Waals surface area contributed by atoms with E-state index in [1.54, 1.807) is 20.8 Å². The monoisotopic (exact) mass is 342 g/mol. The molecule has 0 unspecified atom stereocenters.